The van der Waals surface area contributed by atoms with Gasteiger partial charge in [-0.2, -0.15) is 4.98 Å². The lowest BCUT2D eigenvalue weighted by atomic mass is 9.85. The average Bonchev–Trinajstić information content (AvgIpc) is 2.71. The summed E-state index contributed by atoms with van der Waals surface area (Å²) in [5.74, 6) is 1.00. The van der Waals surface area contributed by atoms with E-state index >= 15 is 0 Å². The number of rotatable bonds is 4. The van der Waals surface area contributed by atoms with Crippen molar-refractivity contribution in [1.29, 1.82) is 0 Å². The number of nitrogens with zero attached hydrogens (tertiary/aromatic N) is 3. The Morgan fingerprint density at radius 3 is 2.40 bits per heavy atom. The smallest absolute Gasteiger partial charge is 0.416 e. The molecule has 3 rings (SSSR count). The van der Waals surface area contributed by atoms with Gasteiger partial charge in [-0.05, 0) is 46.2 Å². The monoisotopic (exact) mass is 340 g/mol. The van der Waals surface area contributed by atoms with Crippen LogP contribution < -0.4 is 10.2 Å². The van der Waals surface area contributed by atoms with Gasteiger partial charge in [-0.15, -0.1) is 0 Å². The Hall–Kier alpha value is -2.63. The van der Waals surface area contributed by atoms with Crippen molar-refractivity contribution >= 4 is 17.9 Å². The number of hydrogen-bond donors (Lipinski definition) is 1. The van der Waals surface area contributed by atoms with Gasteiger partial charge in [0.25, 0.3) is 0 Å². The van der Waals surface area contributed by atoms with Crippen molar-refractivity contribution in [3.05, 3.63) is 48.2 Å². The lowest BCUT2D eigenvalue weighted by Gasteiger charge is -2.36. The number of benzene rings is 1. The molecule has 25 heavy (non-hydrogen) atoms. The molecular formula is C19H24N4O2. The van der Waals surface area contributed by atoms with Gasteiger partial charge in [0, 0.05) is 6.20 Å². The van der Waals surface area contributed by atoms with E-state index in [2.05, 4.69) is 15.3 Å². The number of amides is 1. The molecule has 132 valence electrons. The Morgan fingerprint density at radius 1 is 1.12 bits per heavy atom. The normalized spacial score (nSPS) is 19.4. The van der Waals surface area contributed by atoms with Crippen LogP contribution in [-0.4, -0.2) is 27.2 Å². The molecule has 1 N–H and O–H groups in total. The maximum Gasteiger partial charge on any atom is 0.416 e. The van der Waals surface area contributed by atoms with Crippen LogP contribution in [0.3, 0.4) is 0 Å². The number of ether oxygens (including phenoxy) is 1. The topological polar surface area (TPSA) is 67.4 Å². The van der Waals surface area contributed by atoms with Crippen molar-refractivity contribution in [2.45, 2.75) is 51.8 Å². The quantitative estimate of drug-likeness (QED) is 0.905. The van der Waals surface area contributed by atoms with E-state index < -0.39 is 17.2 Å². The van der Waals surface area contributed by atoms with Crippen LogP contribution in [0, 0.1) is 0 Å². The molecule has 1 saturated heterocycles. The van der Waals surface area contributed by atoms with E-state index in [1.165, 1.54) is 0 Å². The minimum Gasteiger partial charge on any atom is -0.441 e. The van der Waals surface area contributed by atoms with Crippen LogP contribution in [-0.2, 0) is 4.74 Å². The second kappa shape index (κ2) is 6.02. The molecule has 2 aromatic rings. The molecule has 2 heterocycles. The molecule has 0 radical (unpaired) electrons. The number of aromatic nitrogens is 2. The summed E-state index contributed by atoms with van der Waals surface area (Å²) >= 11 is 0. The van der Waals surface area contributed by atoms with Crippen LogP contribution in [0.2, 0.25) is 0 Å². The second-order valence-electron chi connectivity index (χ2n) is 7.29. The Kier molecular flexibility index (Phi) is 4.14. The molecule has 1 aromatic heterocycles. The summed E-state index contributed by atoms with van der Waals surface area (Å²) in [5, 5.41) is 3.28. The largest absolute Gasteiger partial charge is 0.441 e. The SMILES string of the molecule is C[C@H](Nc1nccc(N2C(=O)OC(C)(C)C2(C)C)n1)c1ccccc1. The lowest BCUT2D eigenvalue weighted by Crippen LogP contribution is -2.51. The number of carbonyl (C=O) groups excluding carboxylic acids is 1. The summed E-state index contributed by atoms with van der Waals surface area (Å²) < 4.78 is 5.53. The lowest BCUT2D eigenvalue weighted by molar-refractivity contribution is 0.0458. The molecule has 1 fully saturated rings. The molecular weight excluding hydrogens is 316 g/mol. The number of cyclic esters (lactones) is 1. The van der Waals surface area contributed by atoms with E-state index in [1.807, 2.05) is 65.0 Å². The van der Waals surface area contributed by atoms with E-state index in [9.17, 15) is 4.79 Å². The van der Waals surface area contributed by atoms with Gasteiger partial charge in [-0.25, -0.2) is 9.78 Å². The molecule has 0 unspecified atom stereocenters. The Bertz CT molecular complexity index is 774. The van der Waals surface area contributed by atoms with Gasteiger partial charge in [0.15, 0.2) is 0 Å². The molecule has 1 atom stereocenters. The molecule has 6 nitrogen and oxygen atoms in total. The van der Waals surface area contributed by atoms with Crippen LogP contribution in [0.15, 0.2) is 42.6 Å². The summed E-state index contributed by atoms with van der Waals surface area (Å²) in [4.78, 5) is 22.8. The standard InChI is InChI=1S/C19H24N4O2/c1-13(14-9-7-6-8-10-14)21-16-20-12-11-15(22-16)23-17(24)25-19(4,5)18(23,2)3/h6-13H,1-5H3,(H,20,21,22)/t13-/m0/s1. The molecule has 0 aliphatic carbocycles. The van der Waals surface area contributed by atoms with Crippen molar-refractivity contribution in [2.24, 2.45) is 0 Å². The molecule has 0 spiro atoms. The third-order valence-corrected chi connectivity index (χ3v) is 5.07. The van der Waals surface area contributed by atoms with Crippen LogP contribution in [0.1, 0.15) is 46.2 Å². The van der Waals surface area contributed by atoms with Crippen LogP contribution >= 0.6 is 0 Å². The van der Waals surface area contributed by atoms with Gasteiger partial charge in [-0.1, -0.05) is 30.3 Å². The fraction of sp³-hybridized carbons (Fsp3) is 0.421. The molecule has 0 saturated carbocycles. The van der Waals surface area contributed by atoms with E-state index in [1.54, 1.807) is 17.2 Å². The fourth-order valence-corrected chi connectivity index (χ4v) is 2.83. The summed E-state index contributed by atoms with van der Waals surface area (Å²) in [7, 11) is 0. The van der Waals surface area contributed by atoms with E-state index in [0.717, 1.165) is 5.56 Å². The minimum atomic E-state index is -0.611. The van der Waals surface area contributed by atoms with Gasteiger partial charge in [0.1, 0.15) is 11.4 Å². The van der Waals surface area contributed by atoms with Crippen LogP contribution in [0.4, 0.5) is 16.6 Å². The molecule has 1 amide bonds. The van der Waals surface area contributed by atoms with Crippen molar-refractivity contribution in [2.75, 3.05) is 10.2 Å². The molecule has 6 heteroatoms. The maximum atomic E-state index is 12.4. The third kappa shape index (κ3) is 3.04. The zero-order chi connectivity index (χ0) is 18.2. The summed E-state index contributed by atoms with van der Waals surface area (Å²) in [5.41, 5.74) is -0.000641. The maximum absolute atomic E-state index is 12.4. The van der Waals surface area contributed by atoms with Gasteiger partial charge in [-0.3, -0.25) is 4.90 Å². The molecule has 1 aliphatic rings. The van der Waals surface area contributed by atoms with Gasteiger partial charge < -0.3 is 10.1 Å². The summed E-state index contributed by atoms with van der Waals surface area (Å²) in [6.45, 7) is 9.80. The predicted octanol–water partition coefficient (Wildman–Crippen LogP) is 4.16. The fourth-order valence-electron chi connectivity index (χ4n) is 2.83. The number of hydrogen-bond acceptors (Lipinski definition) is 5. The Balaban J connectivity index is 1.86. The highest BCUT2D eigenvalue weighted by Gasteiger charge is 2.55. The van der Waals surface area contributed by atoms with E-state index in [0.29, 0.717) is 11.8 Å². The van der Waals surface area contributed by atoms with Crippen LogP contribution in [0.5, 0.6) is 0 Å². The van der Waals surface area contributed by atoms with Crippen molar-refractivity contribution < 1.29 is 9.53 Å². The first-order chi connectivity index (χ1) is 11.7. The Morgan fingerprint density at radius 2 is 1.80 bits per heavy atom. The van der Waals surface area contributed by atoms with E-state index in [-0.39, 0.29) is 6.04 Å². The van der Waals surface area contributed by atoms with Gasteiger partial charge in [0.2, 0.25) is 5.95 Å². The van der Waals surface area contributed by atoms with E-state index in [4.69, 9.17) is 4.74 Å². The highest BCUT2D eigenvalue weighted by atomic mass is 16.6. The van der Waals surface area contributed by atoms with Gasteiger partial charge >= 0.3 is 6.09 Å². The summed E-state index contributed by atoms with van der Waals surface area (Å²) in [6.07, 6.45) is 1.26. The first-order valence-corrected chi connectivity index (χ1v) is 8.40. The van der Waals surface area contributed by atoms with Crippen molar-refractivity contribution in [1.82, 2.24) is 9.97 Å². The Labute approximate surface area is 148 Å². The molecule has 1 aliphatic heterocycles. The number of nitrogens with one attached hydrogen (secondary N) is 1. The first kappa shape index (κ1) is 17.2. The number of anilines is 2. The highest BCUT2D eigenvalue weighted by Crippen LogP contribution is 2.41. The molecule has 1 aromatic carbocycles. The predicted molar refractivity (Wildman–Crippen MR) is 97.6 cm³/mol. The second-order valence-corrected chi connectivity index (χ2v) is 7.29. The highest BCUT2D eigenvalue weighted by molar-refractivity contribution is 5.91. The molecule has 0 bridgehead atoms. The minimum absolute atomic E-state index is 0.0476. The van der Waals surface area contributed by atoms with Crippen LogP contribution in [0.25, 0.3) is 0 Å². The van der Waals surface area contributed by atoms with Crippen molar-refractivity contribution in [3.63, 3.8) is 0 Å². The number of carbonyl (C=O) groups is 1. The third-order valence-electron chi connectivity index (χ3n) is 5.07. The summed E-state index contributed by atoms with van der Waals surface area (Å²) in [6, 6.07) is 11.8. The van der Waals surface area contributed by atoms with Crippen molar-refractivity contribution in [3.8, 4) is 0 Å². The first-order valence-electron chi connectivity index (χ1n) is 8.40. The average molecular weight is 340 g/mol. The zero-order valence-electron chi connectivity index (χ0n) is 15.3. The van der Waals surface area contributed by atoms with Gasteiger partial charge in [0.05, 0.1) is 11.6 Å². The zero-order valence-corrected chi connectivity index (χ0v) is 15.3.